The van der Waals surface area contributed by atoms with Gasteiger partial charge in [-0.25, -0.2) is 0 Å². The van der Waals surface area contributed by atoms with E-state index in [0.29, 0.717) is 6.61 Å². The van der Waals surface area contributed by atoms with Crippen LogP contribution in [-0.2, 0) is 6.61 Å². The van der Waals surface area contributed by atoms with Gasteiger partial charge in [0, 0.05) is 16.5 Å². The third kappa shape index (κ3) is 2.15. The van der Waals surface area contributed by atoms with Crippen LogP contribution in [0.2, 0.25) is 0 Å². The SMILES string of the molecule is c1csc(COc2cccc3cccnc23)c1. The fourth-order valence-corrected chi connectivity index (χ4v) is 2.35. The molecule has 0 aliphatic carbocycles. The standard InChI is InChI=1S/C14H11NOS/c1-4-11-5-2-8-15-14(11)13(7-1)16-10-12-6-3-9-17-12/h1-9H,10H2. The summed E-state index contributed by atoms with van der Waals surface area (Å²) >= 11 is 1.70. The predicted octanol–water partition coefficient (Wildman–Crippen LogP) is 3.88. The average molecular weight is 241 g/mol. The van der Waals surface area contributed by atoms with Gasteiger partial charge in [0.1, 0.15) is 17.9 Å². The van der Waals surface area contributed by atoms with E-state index in [2.05, 4.69) is 16.4 Å². The lowest BCUT2D eigenvalue weighted by Gasteiger charge is -2.07. The molecule has 3 heteroatoms. The van der Waals surface area contributed by atoms with Gasteiger partial charge < -0.3 is 4.74 Å². The summed E-state index contributed by atoms with van der Waals surface area (Å²) in [7, 11) is 0. The summed E-state index contributed by atoms with van der Waals surface area (Å²) in [6.07, 6.45) is 1.79. The molecule has 2 nitrogen and oxygen atoms in total. The van der Waals surface area contributed by atoms with Gasteiger partial charge in [0.2, 0.25) is 0 Å². The maximum Gasteiger partial charge on any atom is 0.146 e. The number of para-hydroxylation sites is 1. The predicted molar refractivity (Wildman–Crippen MR) is 70.4 cm³/mol. The van der Waals surface area contributed by atoms with Crippen LogP contribution in [0, 0.1) is 0 Å². The number of thiophene rings is 1. The molecule has 3 rings (SSSR count). The Morgan fingerprint density at radius 3 is 2.88 bits per heavy atom. The van der Waals surface area contributed by atoms with Gasteiger partial charge >= 0.3 is 0 Å². The fraction of sp³-hybridized carbons (Fsp3) is 0.0714. The lowest BCUT2D eigenvalue weighted by molar-refractivity contribution is 0.313. The van der Waals surface area contributed by atoms with Gasteiger partial charge in [-0.2, -0.15) is 0 Å². The molecule has 2 aromatic heterocycles. The van der Waals surface area contributed by atoms with Crippen molar-refractivity contribution in [3.63, 3.8) is 0 Å². The fourth-order valence-electron chi connectivity index (χ4n) is 1.74. The Morgan fingerprint density at radius 2 is 2.00 bits per heavy atom. The zero-order valence-corrected chi connectivity index (χ0v) is 9.98. The van der Waals surface area contributed by atoms with E-state index in [4.69, 9.17) is 4.74 Å². The largest absolute Gasteiger partial charge is 0.486 e. The Bertz CT molecular complexity index is 614. The molecule has 17 heavy (non-hydrogen) atoms. The number of benzene rings is 1. The molecule has 2 heterocycles. The third-order valence-electron chi connectivity index (χ3n) is 2.55. The first-order valence-corrected chi connectivity index (χ1v) is 6.30. The third-order valence-corrected chi connectivity index (χ3v) is 3.40. The van der Waals surface area contributed by atoms with Crippen molar-refractivity contribution in [2.24, 2.45) is 0 Å². The maximum atomic E-state index is 5.81. The first kappa shape index (κ1) is 10.3. The summed E-state index contributed by atoms with van der Waals surface area (Å²) < 4.78 is 5.81. The number of hydrogen-bond acceptors (Lipinski definition) is 3. The van der Waals surface area contributed by atoms with Crippen LogP contribution in [0.1, 0.15) is 4.88 Å². The maximum absolute atomic E-state index is 5.81. The summed E-state index contributed by atoms with van der Waals surface area (Å²) in [5.41, 5.74) is 0.923. The molecule has 0 saturated carbocycles. The van der Waals surface area contributed by atoms with Crippen LogP contribution in [0.25, 0.3) is 10.9 Å². The molecule has 0 bridgehead atoms. The second-order valence-corrected chi connectivity index (χ2v) is 4.73. The van der Waals surface area contributed by atoms with Crippen molar-refractivity contribution in [2.45, 2.75) is 6.61 Å². The summed E-state index contributed by atoms with van der Waals surface area (Å²) in [6, 6.07) is 14.1. The number of aromatic nitrogens is 1. The quantitative estimate of drug-likeness (QED) is 0.694. The lowest BCUT2D eigenvalue weighted by Crippen LogP contribution is -1.94. The van der Waals surface area contributed by atoms with Gasteiger partial charge in [0.25, 0.3) is 0 Å². The molecule has 0 amide bonds. The van der Waals surface area contributed by atoms with Crippen LogP contribution in [0.3, 0.4) is 0 Å². The molecule has 0 radical (unpaired) electrons. The summed E-state index contributed by atoms with van der Waals surface area (Å²) in [5.74, 6) is 0.844. The van der Waals surface area contributed by atoms with E-state index in [1.165, 1.54) is 4.88 Å². The highest BCUT2D eigenvalue weighted by Crippen LogP contribution is 2.24. The van der Waals surface area contributed by atoms with Crippen molar-refractivity contribution in [1.82, 2.24) is 4.98 Å². The van der Waals surface area contributed by atoms with Gasteiger partial charge in [0.15, 0.2) is 0 Å². The van der Waals surface area contributed by atoms with E-state index in [1.807, 2.05) is 36.4 Å². The van der Waals surface area contributed by atoms with Crippen molar-refractivity contribution in [1.29, 1.82) is 0 Å². The Hall–Kier alpha value is -1.87. The summed E-state index contributed by atoms with van der Waals surface area (Å²) in [6.45, 7) is 0.605. The minimum absolute atomic E-state index is 0.605. The molecule has 0 N–H and O–H groups in total. The van der Waals surface area contributed by atoms with Crippen LogP contribution < -0.4 is 4.74 Å². The molecule has 0 spiro atoms. The Kier molecular flexibility index (Phi) is 2.76. The van der Waals surface area contributed by atoms with Crippen LogP contribution >= 0.6 is 11.3 Å². The molecule has 0 aliphatic heterocycles. The number of nitrogens with zero attached hydrogens (tertiary/aromatic N) is 1. The monoisotopic (exact) mass is 241 g/mol. The smallest absolute Gasteiger partial charge is 0.146 e. The summed E-state index contributed by atoms with van der Waals surface area (Å²) in [4.78, 5) is 5.58. The van der Waals surface area contributed by atoms with Crippen LogP contribution in [0.5, 0.6) is 5.75 Å². The number of hydrogen-bond donors (Lipinski definition) is 0. The number of ether oxygens (including phenoxy) is 1. The Labute approximate surface area is 104 Å². The highest BCUT2D eigenvalue weighted by atomic mass is 32.1. The first-order valence-electron chi connectivity index (χ1n) is 5.42. The van der Waals surface area contributed by atoms with E-state index in [9.17, 15) is 0 Å². The molecule has 0 atom stereocenters. The topological polar surface area (TPSA) is 22.1 Å². The van der Waals surface area contributed by atoms with Crippen molar-refractivity contribution >= 4 is 22.2 Å². The van der Waals surface area contributed by atoms with Gasteiger partial charge in [-0.05, 0) is 23.6 Å². The molecule has 84 valence electrons. The average Bonchev–Trinajstić information content (AvgIpc) is 2.89. The van der Waals surface area contributed by atoms with E-state index >= 15 is 0 Å². The molecule has 3 aromatic rings. The summed E-state index contributed by atoms with van der Waals surface area (Å²) in [5, 5.41) is 3.16. The molecule has 0 saturated heterocycles. The highest BCUT2D eigenvalue weighted by Gasteiger charge is 2.03. The number of fused-ring (bicyclic) bond motifs is 1. The van der Waals surface area contributed by atoms with Crippen molar-refractivity contribution in [2.75, 3.05) is 0 Å². The van der Waals surface area contributed by atoms with Gasteiger partial charge in [0.05, 0.1) is 0 Å². The minimum Gasteiger partial charge on any atom is -0.486 e. The zero-order valence-electron chi connectivity index (χ0n) is 9.17. The second-order valence-electron chi connectivity index (χ2n) is 3.70. The number of rotatable bonds is 3. The Balaban J connectivity index is 1.90. The van der Waals surface area contributed by atoms with Gasteiger partial charge in [-0.1, -0.05) is 24.3 Å². The number of pyridine rings is 1. The van der Waals surface area contributed by atoms with E-state index in [1.54, 1.807) is 17.5 Å². The van der Waals surface area contributed by atoms with E-state index in [0.717, 1.165) is 16.7 Å². The molecule has 0 fully saturated rings. The van der Waals surface area contributed by atoms with E-state index in [-0.39, 0.29) is 0 Å². The molecule has 0 aliphatic rings. The molecular formula is C14H11NOS. The Morgan fingerprint density at radius 1 is 1.06 bits per heavy atom. The first-order chi connectivity index (χ1) is 8.43. The van der Waals surface area contributed by atoms with Crippen LogP contribution in [0.4, 0.5) is 0 Å². The van der Waals surface area contributed by atoms with Gasteiger partial charge in [-0.15, -0.1) is 11.3 Å². The van der Waals surface area contributed by atoms with E-state index < -0.39 is 0 Å². The minimum atomic E-state index is 0.605. The van der Waals surface area contributed by atoms with Crippen molar-refractivity contribution in [3.05, 3.63) is 58.9 Å². The van der Waals surface area contributed by atoms with Gasteiger partial charge in [-0.3, -0.25) is 4.98 Å². The highest BCUT2D eigenvalue weighted by molar-refractivity contribution is 7.09. The van der Waals surface area contributed by atoms with Crippen molar-refractivity contribution in [3.8, 4) is 5.75 Å². The zero-order chi connectivity index (χ0) is 11.5. The lowest BCUT2D eigenvalue weighted by atomic mass is 10.2. The normalized spacial score (nSPS) is 10.6. The second kappa shape index (κ2) is 4.55. The van der Waals surface area contributed by atoms with Crippen LogP contribution in [0.15, 0.2) is 54.0 Å². The molecule has 0 unspecified atom stereocenters. The molecular weight excluding hydrogens is 230 g/mol. The molecule has 1 aromatic carbocycles. The van der Waals surface area contributed by atoms with Crippen molar-refractivity contribution < 1.29 is 4.74 Å². The van der Waals surface area contributed by atoms with Crippen LogP contribution in [-0.4, -0.2) is 4.98 Å².